The van der Waals surface area contributed by atoms with Crippen LogP contribution in [-0.4, -0.2) is 88.9 Å². The molecule has 6 aromatic carbocycles. The van der Waals surface area contributed by atoms with Crippen molar-refractivity contribution in [2.24, 2.45) is 20.5 Å². The molecule has 71 heavy (non-hydrogen) atoms. The van der Waals surface area contributed by atoms with Crippen LogP contribution in [0.2, 0.25) is 5.28 Å². The van der Waals surface area contributed by atoms with E-state index in [9.17, 15) is 60.3 Å². The zero-order chi connectivity index (χ0) is 52.0. The van der Waals surface area contributed by atoms with E-state index in [1.807, 2.05) is 0 Å². The molecule has 0 unspecified atom stereocenters. The Labute approximate surface area is 409 Å². The normalized spacial score (nSPS) is 12.8. The van der Waals surface area contributed by atoms with Crippen molar-refractivity contribution in [2.45, 2.75) is 38.3 Å². The molecule has 0 saturated carbocycles. The minimum absolute atomic E-state index is 0.00660. The predicted octanol–water partition coefficient (Wildman–Crippen LogP) is 8.78. The van der Waals surface area contributed by atoms with Gasteiger partial charge in [-0.05, 0) is 103 Å². The standard InChI is InChI=1S/C41H34ClN9O15S5/c1-5-51(24-9-7-10-25(18-24)67(52,53)6-2)41-45-39(42)44-40(46-41)43-30-14-13-29(27-11-8-12-35(38(27)30)69(57,58)59)47-49-32-15-22(3)31(21-34(32)66-4)48-50-33-20-28-23(17-37(33)71(63,64)65)16-26(68(54,55)56)19-36(28)70(60,61)62/h6-21H,2,5H2,1,3-4H3,(H,54,55,56)(H,57,58,59)(H,60,61,62)(H,63,64,65)(H,43,44,45,46). The monoisotopic (exact) mass is 1090 g/mol. The van der Waals surface area contributed by atoms with Crippen LogP contribution in [0.4, 0.5) is 46.0 Å². The fourth-order valence-corrected chi connectivity index (χ4v) is 10.6. The second-order valence-electron chi connectivity index (χ2n) is 14.7. The molecule has 5 N–H and O–H groups in total. The van der Waals surface area contributed by atoms with Gasteiger partial charge in [0.1, 0.15) is 31.8 Å². The van der Waals surface area contributed by atoms with Crippen LogP contribution in [0.15, 0.2) is 148 Å². The SMILES string of the molecule is C=CS(=O)(=O)c1cccc(N(CC)c2nc(Cl)nc(Nc3ccc(N=Nc4cc(C)c(N=Nc5cc6c(S(=O)(=O)O)cc(S(=O)(=O)O)cc6cc5S(=O)(=O)O)cc4OC)c4cccc(S(=O)(=O)O)c34)n2)c1. The Hall–Kier alpha value is -6.93. The number of anilines is 4. The van der Waals surface area contributed by atoms with Crippen LogP contribution in [0.25, 0.3) is 21.5 Å². The highest BCUT2D eigenvalue weighted by molar-refractivity contribution is 7.94. The lowest BCUT2D eigenvalue weighted by Gasteiger charge is -2.22. The largest absolute Gasteiger partial charge is 0.494 e. The number of fused-ring (bicyclic) bond motifs is 2. The number of sulfone groups is 1. The Morgan fingerprint density at radius 2 is 1.31 bits per heavy atom. The third-order valence-corrected chi connectivity index (χ3v) is 15.2. The van der Waals surface area contributed by atoms with Crippen molar-refractivity contribution < 1.29 is 65.0 Å². The van der Waals surface area contributed by atoms with E-state index in [1.165, 1.54) is 68.6 Å². The summed E-state index contributed by atoms with van der Waals surface area (Å²) in [6.07, 6.45) is 0. The maximum atomic E-state index is 12.8. The van der Waals surface area contributed by atoms with Crippen LogP contribution in [0.1, 0.15) is 12.5 Å². The van der Waals surface area contributed by atoms with Crippen molar-refractivity contribution in [3.63, 3.8) is 0 Å². The van der Waals surface area contributed by atoms with Crippen molar-refractivity contribution >= 4 is 129 Å². The average molecular weight is 1090 g/mol. The van der Waals surface area contributed by atoms with Crippen LogP contribution in [0.3, 0.4) is 0 Å². The van der Waals surface area contributed by atoms with E-state index in [2.05, 4.69) is 47.3 Å². The molecule has 1 aromatic heterocycles. The first-order chi connectivity index (χ1) is 33.1. The quantitative estimate of drug-likeness (QED) is 0.0445. The van der Waals surface area contributed by atoms with Gasteiger partial charge in [0.25, 0.3) is 40.5 Å². The molecule has 0 fully saturated rings. The van der Waals surface area contributed by atoms with Gasteiger partial charge in [0, 0.05) is 39.9 Å². The number of aryl methyl sites for hydroxylation is 1. The molecule has 30 heteroatoms. The van der Waals surface area contributed by atoms with Gasteiger partial charge in [-0.1, -0.05) is 24.8 Å². The lowest BCUT2D eigenvalue weighted by atomic mass is 10.1. The summed E-state index contributed by atoms with van der Waals surface area (Å²) in [5.74, 6) is -0.194. The Kier molecular flexibility index (Phi) is 14.1. The highest BCUT2D eigenvalue weighted by Gasteiger charge is 2.26. The molecule has 0 spiro atoms. The third kappa shape index (κ3) is 11.2. The molecule has 24 nitrogen and oxygen atoms in total. The molecular weight excluding hydrogens is 1050 g/mol. The van der Waals surface area contributed by atoms with E-state index in [-0.39, 0.29) is 67.9 Å². The van der Waals surface area contributed by atoms with E-state index < -0.39 is 86.4 Å². The van der Waals surface area contributed by atoms with Gasteiger partial charge in [0.2, 0.25) is 17.2 Å². The number of hydrogen-bond acceptors (Lipinski definition) is 20. The fraction of sp³-hybridized carbons (Fsp3) is 0.0976. The lowest BCUT2D eigenvalue weighted by Crippen LogP contribution is -2.20. The molecule has 1 heterocycles. The summed E-state index contributed by atoms with van der Waals surface area (Å²) in [6, 6.07) is 18.1. The van der Waals surface area contributed by atoms with Crippen LogP contribution in [0.5, 0.6) is 5.75 Å². The van der Waals surface area contributed by atoms with Gasteiger partial charge in [0.05, 0.1) is 34.0 Å². The number of ether oxygens (including phenoxy) is 1. The smallest absolute Gasteiger partial charge is 0.296 e. The molecule has 0 saturated heterocycles. The molecule has 0 atom stereocenters. The van der Waals surface area contributed by atoms with Crippen molar-refractivity contribution in [2.75, 3.05) is 23.9 Å². The topological polar surface area (TPSA) is 364 Å². The number of azo groups is 2. The van der Waals surface area contributed by atoms with Gasteiger partial charge in [0.15, 0.2) is 9.84 Å². The van der Waals surface area contributed by atoms with Crippen LogP contribution < -0.4 is 15.0 Å². The zero-order valence-corrected chi connectivity index (χ0v) is 41.3. The fourth-order valence-electron chi connectivity index (χ4n) is 6.96. The summed E-state index contributed by atoms with van der Waals surface area (Å²) in [4.78, 5) is 10.7. The molecule has 0 radical (unpaired) electrons. The molecule has 7 aromatic rings. The first kappa shape index (κ1) is 51.9. The van der Waals surface area contributed by atoms with Crippen LogP contribution in [-0.2, 0) is 50.3 Å². The molecule has 7 rings (SSSR count). The number of benzene rings is 6. The third-order valence-electron chi connectivity index (χ3n) is 10.2. The Morgan fingerprint density at radius 3 is 1.94 bits per heavy atom. The number of hydrogen-bond donors (Lipinski definition) is 5. The molecule has 0 aliphatic carbocycles. The molecular formula is C41H34ClN9O15S5. The van der Waals surface area contributed by atoms with Gasteiger partial charge in [-0.2, -0.15) is 53.7 Å². The first-order valence-electron chi connectivity index (χ1n) is 19.7. The summed E-state index contributed by atoms with van der Waals surface area (Å²) in [5.41, 5.74) is 0.221. The number of nitrogens with zero attached hydrogens (tertiary/aromatic N) is 8. The van der Waals surface area contributed by atoms with Crippen molar-refractivity contribution in [1.29, 1.82) is 0 Å². The van der Waals surface area contributed by atoms with E-state index in [0.29, 0.717) is 29.4 Å². The zero-order valence-electron chi connectivity index (χ0n) is 36.4. The summed E-state index contributed by atoms with van der Waals surface area (Å²) in [5, 5.41) is 19.2. The van der Waals surface area contributed by atoms with Crippen molar-refractivity contribution in [3.05, 3.63) is 114 Å². The highest BCUT2D eigenvalue weighted by Crippen LogP contribution is 2.42. The van der Waals surface area contributed by atoms with Crippen LogP contribution in [0, 0.1) is 6.92 Å². The van der Waals surface area contributed by atoms with Crippen LogP contribution >= 0.6 is 11.6 Å². The molecule has 0 aliphatic rings. The van der Waals surface area contributed by atoms with Gasteiger partial charge in [-0.15, -0.1) is 15.3 Å². The maximum absolute atomic E-state index is 12.8. The first-order valence-corrected chi connectivity index (χ1v) is 27.3. The van der Waals surface area contributed by atoms with Gasteiger partial charge >= 0.3 is 0 Å². The number of halogens is 1. The number of rotatable bonds is 16. The predicted molar refractivity (Wildman–Crippen MR) is 258 cm³/mol. The van der Waals surface area contributed by atoms with Gasteiger partial charge in [-0.25, -0.2) is 8.42 Å². The minimum atomic E-state index is -5.21. The Morgan fingerprint density at radius 1 is 0.662 bits per heavy atom. The van der Waals surface area contributed by atoms with E-state index in [4.69, 9.17) is 16.3 Å². The average Bonchev–Trinajstić information content (AvgIpc) is 3.29. The second kappa shape index (κ2) is 19.3. The Bertz CT molecular complexity index is 4030. The second-order valence-corrected chi connectivity index (χ2v) is 22.5. The molecule has 0 bridgehead atoms. The number of nitrogens with one attached hydrogen (secondary N) is 1. The summed E-state index contributed by atoms with van der Waals surface area (Å²) >= 11 is 6.34. The molecule has 0 amide bonds. The number of aromatic nitrogens is 3. The van der Waals surface area contributed by atoms with Crippen molar-refractivity contribution in [1.82, 2.24) is 15.0 Å². The maximum Gasteiger partial charge on any atom is 0.296 e. The van der Waals surface area contributed by atoms with E-state index >= 15 is 0 Å². The van der Waals surface area contributed by atoms with E-state index in [0.717, 1.165) is 17.5 Å². The number of methoxy groups -OCH3 is 1. The van der Waals surface area contributed by atoms with Gasteiger partial charge in [-0.3, -0.25) is 18.2 Å². The molecule has 370 valence electrons. The highest BCUT2D eigenvalue weighted by atomic mass is 35.5. The summed E-state index contributed by atoms with van der Waals surface area (Å²) < 4.78 is 169. The minimum Gasteiger partial charge on any atom is -0.494 e. The van der Waals surface area contributed by atoms with E-state index in [1.54, 1.807) is 17.9 Å². The van der Waals surface area contributed by atoms with Crippen molar-refractivity contribution in [3.8, 4) is 5.75 Å². The lowest BCUT2D eigenvalue weighted by molar-refractivity contribution is 0.416. The summed E-state index contributed by atoms with van der Waals surface area (Å²) in [6.45, 7) is 6.87. The van der Waals surface area contributed by atoms with Gasteiger partial charge < -0.3 is 15.0 Å². The Balaban J connectivity index is 1.26. The molecule has 0 aliphatic heterocycles. The summed E-state index contributed by atoms with van der Waals surface area (Å²) in [7, 11) is -22.9.